The molecular weight excluding hydrogens is 220 g/mol. The van der Waals surface area contributed by atoms with Crippen LogP contribution in [-0.2, 0) is 4.79 Å². The number of hydrogen-bond acceptors (Lipinski definition) is 3. The molecule has 0 aromatic heterocycles. The highest BCUT2D eigenvalue weighted by Crippen LogP contribution is 2.32. The number of carboxylic acids is 1. The molecule has 0 spiro atoms. The summed E-state index contributed by atoms with van der Waals surface area (Å²) in [5, 5.41) is 14.8. The fraction of sp³-hybridized carbons (Fsp3) is 0.333. The second-order valence-corrected chi connectivity index (χ2v) is 4.33. The van der Waals surface area contributed by atoms with Crippen molar-refractivity contribution in [2.45, 2.75) is 25.8 Å². The first-order valence-electron chi connectivity index (χ1n) is 5.43. The average Bonchev–Trinajstić information content (AvgIpc) is 2.30. The third-order valence-electron chi connectivity index (χ3n) is 3.13. The van der Waals surface area contributed by atoms with Crippen LogP contribution in [0, 0.1) is 0 Å². The Hall–Kier alpha value is -2.04. The van der Waals surface area contributed by atoms with Crippen LogP contribution in [0.2, 0.25) is 0 Å². The van der Waals surface area contributed by atoms with Gasteiger partial charge in [0, 0.05) is 0 Å². The molecule has 5 nitrogen and oxygen atoms in total. The summed E-state index contributed by atoms with van der Waals surface area (Å²) >= 11 is 0. The molecule has 1 unspecified atom stereocenters. The number of carboxylic acid groups (broad SMARTS) is 1. The van der Waals surface area contributed by atoms with E-state index in [1.165, 1.54) is 12.1 Å². The summed E-state index contributed by atoms with van der Waals surface area (Å²) in [6.07, 6.45) is 0.621. The number of carbonyl (C=O) groups excluding carboxylic acids is 1. The zero-order valence-electron chi connectivity index (χ0n) is 9.70. The van der Waals surface area contributed by atoms with Crippen LogP contribution < -0.4 is 10.6 Å². The van der Waals surface area contributed by atoms with Crippen molar-refractivity contribution in [2.24, 2.45) is 0 Å². The van der Waals surface area contributed by atoms with Gasteiger partial charge in [0.05, 0.1) is 16.9 Å². The molecule has 1 aliphatic heterocycles. The number of carbonyl (C=O) groups is 2. The first kappa shape index (κ1) is 11.4. The second kappa shape index (κ2) is 3.76. The van der Waals surface area contributed by atoms with Gasteiger partial charge in [-0.3, -0.25) is 4.79 Å². The standard InChI is InChI=1S/C12H14N2O3/c1-3-12(2)11(17)13-8-5-4-7(10(15)16)6-9(8)14-12/h4-6,14H,3H2,1-2H3,(H,13,17)(H,15,16). The Kier molecular flexibility index (Phi) is 2.53. The van der Waals surface area contributed by atoms with Crippen LogP contribution in [0.4, 0.5) is 11.4 Å². The lowest BCUT2D eigenvalue weighted by atomic mass is 9.94. The molecule has 0 aliphatic carbocycles. The van der Waals surface area contributed by atoms with E-state index in [-0.39, 0.29) is 11.5 Å². The van der Waals surface area contributed by atoms with E-state index in [0.717, 1.165) is 0 Å². The highest BCUT2D eigenvalue weighted by Gasteiger charge is 2.35. The van der Waals surface area contributed by atoms with Crippen molar-refractivity contribution >= 4 is 23.3 Å². The normalized spacial score (nSPS) is 22.4. The van der Waals surface area contributed by atoms with Crippen LogP contribution in [-0.4, -0.2) is 22.5 Å². The van der Waals surface area contributed by atoms with E-state index in [0.29, 0.717) is 17.8 Å². The molecule has 0 saturated heterocycles. The molecular formula is C12H14N2O3. The van der Waals surface area contributed by atoms with Gasteiger partial charge in [-0.1, -0.05) is 6.92 Å². The van der Waals surface area contributed by atoms with Crippen LogP contribution in [0.1, 0.15) is 30.6 Å². The Morgan fingerprint density at radius 2 is 2.12 bits per heavy atom. The van der Waals surface area contributed by atoms with E-state index in [4.69, 9.17) is 5.11 Å². The number of amides is 1. The van der Waals surface area contributed by atoms with Gasteiger partial charge in [-0.15, -0.1) is 0 Å². The van der Waals surface area contributed by atoms with Crippen LogP contribution in [0.5, 0.6) is 0 Å². The minimum atomic E-state index is -0.982. The maximum absolute atomic E-state index is 11.8. The largest absolute Gasteiger partial charge is 0.478 e. The average molecular weight is 234 g/mol. The Labute approximate surface area is 98.8 Å². The third-order valence-corrected chi connectivity index (χ3v) is 3.13. The molecule has 0 bridgehead atoms. The highest BCUT2D eigenvalue weighted by molar-refractivity contribution is 6.06. The first-order valence-corrected chi connectivity index (χ1v) is 5.43. The van der Waals surface area contributed by atoms with Crippen LogP contribution >= 0.6 is 0 Å². The lowest BCUT2D eigenvalue weighted by molar-refractivity contribution is -0.120. The Balaban J connectivity index is 2.44. The van der Waals surface area contributed by atoms with Gasteiger partial charge < -0.3 is 15.7 Å². The third kappa shape index (κ3) is 1.84. The van der Waals surface area contributed by atoms with E-state index in [1.54, 1.807) is 13.0 Å². The van der Waals surface area contributed by atoms with Crippen molar-refractivity contribution in [1.29, 1.82) is 0 Å². The Morgan fingerprint density at radius 3 is 2.71 bits per heavy atom. The van der Waals surface area contributed by atoms with Gasteiger partial charge in [0.25, 0.3) is 0 Å². The molecule has 17 heavy (non-hydrogen) atoms. The number of fused-ring (bicyclic) bond motifs is 1. The molecule has 1 aromatic carbocycles. The first-order chi connectivity index (χ1) is 7.96. The SMILES string of the molecule is CCC1(C)Nc2cc(C(=O)O)ccc2NC1=O. The number of rotatable bonds is 2. The van der Waals surface area contributed by atoms with Crippen LogP contribution in [0.15, 0.2) is 18.2 Å². The Morgan fingerprint density at radius 1 is 1.41 bits per heavy atom. The van der Waals surface area contributed by atoms with Crippen molar-refractivity contribution in [1.82, 2.24) is 0 Å². The van der Waals surface area contributed by atoms with Crippen molar-refractivity contribution in [3.05, 3.63) is 23.8 Å². The predicted molar refractivity (Wildman–Crippen MR) is 64.3 cm³/mol. The van der Waals surface area contributed by atoms with Crippen LogP contribution in [0.25, 0.3) is 0 Å². The molecule has 1 aliphatic rings. The Bertz CT molecular complexity index is 499. The molecule has 2 rings (SSSR count). The number of anilines is 2. The topological polar surface area (TPSA) is 78.4 Å². The molecule has 0 fully saturated rings. The van der Waals surface area contributed by atoms with E-state index in [1.807, 2.05) is 6.92 Å². The second-order valence-electron chi connectivity index (χ2n) is 4.33. The molecule has 1 aromatic rings. The monoisotopic (exact) mass is 234 g/mol. The lowest BCUT2D eigenvalue weighted by Crippen LogP contribution is -2.49. The predicted octanol–water partition coefficient (Wildman–Crippen LogP) is 1.92. The van der Waals surface area contributed by atoms with Gasteiger partial charge in [-0.25, -0.2) is 4.79 Å². The van der Waals surface area contributed by atoms with Crippen LogP contribution in [0.3, 0.4) is 0 Å². The van der Waals surface area contributed by atoms with Gasteiger partial charge in [-0.2, -0.15) is 0 Å². The highest BCUT2D eigenvalue weighted by atomic mass is 16.4. The number of hydrogen-bond donors (Lipinski definition) is 3. The van der Waals surface area contributed by atoms with Crippen molar-refractivity contribution < 1.29 is 14.7 Å². The van der Waals surface area contributed by atoms with Gasteiger partial charge in [-0.05, 0) is 31.5 Å². The molecule has 3 N–H and O–H groups in total. The van der Waals surface area contributed by atoms with E-state index in [9.17, 15) is 9.59 Å². The number of nitrogens with one attached hydrogen (secondary N) is 2. The summed E-state index contributed by atoms with van der Waals surface area (Å²) in [5.74, 6) is -1.08. The molecule has 0 radical (unpaired) electrons. The quantitative estimate of drug-likeness (QED) is 0.730. The molecule has 1 heterocycles. The maximum Gasteiger partial charge on any atom is 0.335 e. The molecule has 5 heteroatoms. The smallest absolute Gasteiger partial charge is 0.335 e. The minimum absolute atomic E-state index is 0.101. The van der Waals surface area contributed by atoms with Gasteiger partial charge in [0.2, 0.25) is 5.91 Å². The number of benzene rings is 1. The van der Waals surface area contributed by atoms with Crippen molar-refractivity contribution in [2.75, 3.05) is 10.6 Å². The molecule has 90 valence electrons. The summed E-state index contributed by atoms with van der Waals surface area (Å²) < 4.78 is 0. The van der Waals surface area contributed by atoms with E-state index < -0.39 is 11.5 Å². The fourth-order valence-electron chi connectivity index (χ4n) is 1.75. The van der Waals surface area contributed by atoms with E-state index >= 15 is 0 Å². The van der Waals surface area contributed by atoms with Gasteiger partial charge >= 0.3 is 5.97 Å². The summed E-state index contributed by atoms with van der Waals surface area (Å²) in [6, 6.07) is 4.60. The molecule has 0 saturated carbocycles. The van der Waals surface area contributed by atoms with E-state index in [2.05, 4.69) is 10.6 Å². The number of aromatic carboxylic acids is 1. The summed E-state index contributed by atoms with van der Waals surface area (Å²) in [5.41, 5.74) is 0.773. The van der Waals surface area contributed by atoms with Crippen molar-refractivity contribution in [3.8, 4) is 0 Å². The van der Waals surface area contributed by atoms with Gasteiger partial charge in [0.15, 0.2) is 0 Å². The fourth-order valence-corrected chi connectivity index (χ4v) is 1.75. The maximum atomic E-state index is 11.8. The zero-order valence-corrected chi connectivity index (χ0v) is 9.70. The summed E-state index contributed by atoms with van der Waals surface area (Å²) in [4.78, 5) is 22.7. The summed E-state index contributed by atoms with van der Waals surface area (Å²) in [7, 11) is 0. The zero-order chi connectivity index (χ0) is 12.6. The van der Waals surface area contributed by atoms with Crippen molar-refractivity contribution in [3.63, 3.8) is 0 Å². The molecule has 1 amide bonds. The summed E-state index contributed by atoms with van der Waals surface area (Å²) in [6.45, 7) is 3.69. The van der Waals surface area contributed by atoms with Gasteiger partial charge in [0.1, 0.15) is 5.54 Å². The lowest BCUT2D eigenvalue weighted by Gasteiger charge is -2.35. The minimum Gasteiger partial charge on any atom is -0.478 e. The molecule has 1 atom stereocenters.